The lowest BCUT2D eigenvalue weighted by Crippen LogP contribution is -2.47. The second-order valence-corrected chi connectivity index (χ2v) is 5.34. The number of nitrogens with zero attached hydrogens (tertiary/aromatic N) is 2. The average Bonchev–Trinajstić information content (AvgIpc) is 2.44. The Bertz CT molecular complexity index is 423. The lowest BCUT2D eigenvalue weighted by Gasteiger charge is -2.34. The van der Waals surface area contributed by atoms with Gasteiger partial charge in [-0.15, -0.1) is 0 Å². The van der Waals surface area contributed by atoms with Crippen molar-refractivity contribution in [2.75, 3.05) is 39.3 Å². The number of aryl methyl sites for hydroxylation is 1. The third kappa shape index (κ3) is 4.62. The van der Waals surface area contributed by atoms with E-state index < -0.39 is 0 Å². The van der Waals surface area contributed by atoms with Gasteiger partial charge in [0.2, 0.25) is 0 Å². The fourth-order valence-corrected chi connectivity index (χ4v) is 2.45. The number of piperazine rings is 1. The highest BCUT2D eigenvalue weighted by Crippen LogP contribution is 2.09. The summed E-state index contributed by atoms with van der Waals surface area (Å²) in [6, 6.07) is 8.71. The number of ether oxygens (including phenoxy) is 1. The molecule has 2 rings (SSSR count). The van der Waals surface area contributed by atoms with E-state index in [0.29, 0.717) is 13.2 Å². The van der Waals surface area contributed by atoms with Crippen LogP contribution in [0.2, 0.25) is 0 Å². The van der Waals surface area contributed by atoms with Gasteiger partial charge in [-0.1, -0.05) is 29.8 Å². The molecule has 1 aliphatic heterocycles. The van der Waals surface area contributed by atoms with E-state index in [0.717, 1.165) is 32.7 Å². The summed E-state index contributed by atoms with van der Waals surface area (Å²) in [5.74, 6) is -0.112. The third-order valence-electron chi connectivity index (χ3n) is 3.65. The van der Waals surface area contributed by atoms with Gasteiger partial charge < -0.3 is 4.74 Å². The third-order valence-corrected chi connectivity index (χ3v) is 3.65. The quantitative estimate of drug-likeness (QED) is 0.766. The second-order valence-electron chi connectivity index (χ2n) is 5.34. The maximum absolute atomic E-state index is 11.4. The van der Waals surface area contributed by atoms with Crippen molar-refractivity contribution in [3.63, 3.8) is 0 Å². The Morgan fingerprint density at radius 2 is 1.70 bits per heavy atom. The molecule has 0 aromatic heterocycles. The van der Waals surface area contributed by atoms with Gasteiger partial charge in [-0.05, 0) is 19.4 Å². The van der Waals surface area contributed by atoms with Crippen molar-refractivity contribution in [2.45, 2.75) is 20.4 Å². The van der Waals surface area contributed by atoms with E-state index >= 15 is 0 Å². The molecule has 0 aliphatic carbocycles. The molecule has 0 N–H and O–H groups in total. The molecule has 1 saturated heterocycles. The molecular formula is C16H24N2O2. The fourth-order valence-electron chi connectivity index (χ4n) is 2.45. The van der Waals surface area contributed by atoms with Crippen LogP contribution in [0.4, 0.5) is 0 Å². The van der Waals surface area contributed by atoms with Crippen LogP contribution in [0.5, 0.6) is 0 Å². The van der Waals surface area contributed by atoms with E-state index in [1.54, 1.807) is 0 Å². The molecule has 1 aromatic carbocycles. The molecule has 0 atom stereocenters. The zero-order chi connectivity index (χ0) is 14.4. The zero-order valence-electron chi connectivity index (χ0n) is 12.5. The van der Waals surface area contributed by atoms with Crippen LogP contribution >= 0.6 is 0 Å². The van der Waals surface area contributed by atoms with Gasteiger partial charge in [0.15, 0.2) is 0 Å². The van der Waals surface area contributed by atoms with E-state index in [2.05, 4.69) is 41.0 Å². The summed E-state index contributed by atoms with van der Waals surface area (Å²) < 4.78 is 4.98. The first-order valence-corrected chi connectivity index (χ1v) is 7.33. The summed E-state index contributed by atoms with van der Waals surface area (Å²) in [5, 5.41) is 0. The van der Waals surface area contributed by atoms with Crippen LogP contribution in [0.25, 0.3) is 0 Å². The summed E-state index contributed by atoms with van der Waals surface area (Å²) in [6.07, 6.45) is 0. The van der Waals surface area contributed by atoms with Crippen molar-refractivity contribution in [1.29, 1.82) is 0 Å². The van der Waals surface area contributed by atoms with Gasteiger partial charge in [0.25, 0.3) is 0 Å². The summed E-state index contributed by atoms with van der Waals surface area (Å²) in [6.45, 7) is 9.72. The summed E-state index contributed by atoms with van der Waals surface area (Å²) in [4.78, 5) is 16.0. The monoisotopic (exact) mass is 276 g/mol. The van der Waals surface area contributed by atoms with Gasteiger partial charge in [-0.25, -0.2) is 0 Å². The van der Waals surface area contributed by atoms with Gasteiger partial charge in [-0.3, -0.25) is 14.6 Å². The number of rotatable bonds is 5. The van der Waals surface area contributed by atoms with Crippen molar-refractivity contribution in [2.24, 2.45) is 0 Å². The normalized spacial score (nSPS) is 17.1. The molecule has 4 nitrogen and oxygen atoms in total. The van der Waals surface area contributed by atoms with Gasteiger partial charge in [-0.2, -0.15) is 0 Å². The van der Waals surface area contributed by atoms with Crippen LogP contribution in [-0.4, -0.2) is 55.1 Å². The van der Waals surface area contributed by atoms with Crippen molar-refractivity contribution in [1.82, 2.24) is 9.80 Å². The van der Waals surface area contributed by atoms with E-state index in [1.165, 1.54) is 11.1 Å². The Kier molecular flexibility index (Phi) is 5.56. The molecule has 1 aliphatic rings. The van der Waals surface area contributed by atoms with Crippen LogP contribution in [0.3, 0.4) is 0 Å². The van der Waals surface area contributed by atoms with Gasteiger partial charge in [0.1, 0.15) is 0 Å². The van der Waals surface area contributed by atoms with Crippen LogP contribution in [-0.2, 0) is 16.1 Å². The molecule has 1 aromatic rings. The first-order valence-electron chi connectivity index (χ1n) is 7.33. The highest BCUT2D eigenvalue weighted by atomic mass is 16.5. The molecule has 0 unspecified atom stereocenters. The first-order chi connectivity index (χ1) is 9.67. The fraction of sp³-hybridized carbons (Fsp3) is 0.562. The standard InChI is InChI=1S/C16H24N2O2/c1-3-20-16(19)13-18-10-8-17(9-11-18)12-15-6-4-14(2)5-7-15/h4-7H,3,8-13H2,1-2H3. The number of benzene rings is 1. The highest BCUT2D eigenvalue weighted by Gasteiger charge is 2.19. The van der Waals surface area contributed by atoms with Gasteiger partial charge >= 0.3 is 5.97 Å². The van der Waals surface area contributed by atoms with Crippen molar-refractivity contribution < 1.29 is 9.53 Å². The van der Waals surface area contributed by atoms with E-state index in [9.17, 15) is 4.79 Å². The molecule has 110 valence electrons. The second kappa shape index (κ2) is 7.41. The minimum absolute atomic E-state index is 0.112. The molecule has 0 bridgehead atoms. The Hall–Kier alpha value is -1.39. The summed E-state index contributed by atoms with van der Waals surface area (Å²) in [7, 11) is 0. The number of carbonyl (C=O) groups is 1. The highest BCUT2D eigenvalue weighted by molar-refractivity contribution is 5.71. The van der Waals surface area contributed by atoms with E-state index in [-0.39, 0.29) is 5.97 Å². The van der Waals surface area contributed by atoms with Crippen molar-refractivity contribution in [3.8, 4) is 0 Å². The van der Waals surface area contributed by atoms with Crippen LogP contribution < -0.4 is 0 Å². The maximum Gasteiger partial charge on any atom is 0.320 e. The zero-order valence-corrected chi connectivity index (χ0v) is 12.5. The van der Waals surface area contributed by atoms with Crippen LogP contribution in [0.1, 0.15) is 18.1 Å². The van der Waals surface area contributed by atoms with E-state index in [4.69, 9.17) is 4.74 Å². The number of hydrogen-bond donors (Lipinski definition) is 0. The topological polar surface area (TPSA) is 32.8 Å². The summed E-state index contributed by atoms with van der Waals surface area (Å²) >= 11 is 0. The molecule has 0 spiro atoms. The number of carbonyl (C=O) groups excluding carboxylic acids is 1. The number of esters is 1. The molecule has 0 amide bonds. The minimum Gasteiger partial charge on any atom is -0.465 e. The largest absolute Gasteiger partial charge is 0.465 e. The van der Waals surface area contributed by atoms with Crippen LogP contribution in [0, 0.1) is 6.92 Å². The lowest BCUT2D eigenvalue weighted by atomic mass is 10.1. The Morgan fingerprint density at radius 3 is 2.30 bits per heavy atom. The Balaban J connectivity index is 1.74. The molecule has 1 fully saturated rings. The molecule has 0 saturated carbocycles. The van der Waals surface area contributed by atoms with Gasteiger partial charge in [0, 0.05) is 32.7 Å². The predicted octanol–water partition coefficient (Wildman–Crippen LogP) is 1.68. The average molecular weight is 276 g/mol. The SMILES string of the molecule is CCOC(=O)CN1CCN(Cc2ccc(C)cc2)CC1. The van der Waals surface area contributed by atoms with Gasteiger partial charge in [0.05, 0.1) is 13.2 Å². The lowest BCUT2D eigenvalue weighted by molar-refractivity contribution is -0.144. The van der Waals surface area contributed by atoms with E-state index in [1.807, 2.05) is 6.92 Å². The minimum atomic E-state index is -0.112. The number of hydrogen-bond acceptors (Lipinski definition) is 4. The van der Waals surface area contributed by atoms with Crippen molar-refractivity contribution in [3.05, 3.63) is 35.4 Å². The molecule has 20 heavy (non-hydrogen) atoms. The Labute approximate surface area is 121 Å². The summed E-state index contributed by atoms with van der Waals surface area (Å²) in [5.41, 5.74) is 2.66. The smallest absolute Gasteiger partial charge is 0.320 e. The Morgan fingerprint density at radius 1 is 1.10 bits per heavy atom. The maximum atomic E-state index is 11.4. The molecule has 0 radical (unpaired) electrons. The van der Waals surface area contributed by atoms with Crippen LogP contribution in [0.15, 0.2) is 24.3 Å². The molecule has 4 heteroatoms. The first kappa shape index (κ1) is 15.0. The molecule has 1 heterocycles. The predicted molar refractivity (Wildman–Crippen MR) is 79.5 cm³/mol. The molecular weight excluding hydrogens is 252 g/mol. The van der Waals surface area contributed by atoms with Crippen molar-refractivity contribution >= 4 is 5.97 Å².